The minimum Gasteiger partial charge on any atom is -0.383 e. The molecule has 1 aromatic heterocycles. The molecule has 6 heteroatoms. The van der Waals surface area contributed by atoms with Crippen LogP contribution in [0.2, 0.25) is 0 Å². The zero-order chi connectivity index (χ0) is 13.9. The van der Waals surface area contributed by atoms with E-state index in [0.717, 1.165) is 37.7 Å². The minimum absolute atomic E-state index is 0.678. The van der Waals surface area contributed by atoms with E-state index in [1.165, 1.54) is 0 Å². The summed E-state index contributed by atoms with van der Waals surface area (Å²) in [5.74, 6) is 0.750. The van der Waals surface area contributed by atoms with Gasteiger partial charge in [0, 0.05) is 58.4 Å². The van der Waals surface area contributed by atoms with Crippen LogP contribution < -0.4 is 10.2 Å². The first-order valence-electron chi connectivity index (χ1n) is 6.56. The highest BCUT2D eigenvalue weighted by molar-refractivity contribution is 5.29. The standard InChI is InChI=1S/C13H24N4O2/c1-4-17(6-8-19-3)13-15-10-12(11-16-13)9-14-5-7-18-2/h10-11,14H,4-9H2,1-3H3. The fraction of sp³-hybridized carbons (Fsp3) is 0.692. The number of methoxy groups -OCH3 is 2. The zero-order valence-corrected chi connectivity index (χ0v) is 12.1. The van der Waals surface area contributed by atoms with Gasteiger partial charge in [0.05, 0.1) is 13.2 Å². The first-order valence-corrected chi connectivity index (χ1v) is 6.56. The van der Waals surface area contributed by atoms with Crippen molar-refractivity contribution in [3.8, 4) is 0 Å². The minimum atomic E-state index is 0.678. The van der Waals surface area contributed by atoms with Gasteiger partial charge in [-0.15, -0.1) is 0 Å². The average Bonchev–Trinajstić information content (AvgIpc) is 2.46. The Kier molecular flexibility index (Phi) is 8.04. The number of rotatable bonds is 10. The lowest BCUT2D eigenvalue weighted by molar-refractivity contribution is 0.199. The summed E-state index contributed by atoms with van der Waals surface area (Å²) in [6, 6.07) is 0. The molecule has 1 rings (SSSR count). The van der Waals surface area contributed by atoms with Crippen LogP contribution in [0.15, 0.2) is 12.4 Å². The van der Waals surface area contributed by atoms with E-state index in [2.05, 4.69) is 27.1 Å². The molecular formula is C13H24N4O2. The molecule has 0 radical (unpaired) electrons. The van der Waals surface area contributed by atoms with Gasteiger partial charge >= 0.3 is 0 Å². The van der Waals surface area contributed by atoms with Crippen LogP contribution in [-0.4, -0.2) is 57.0 Å². The van der Waals surface area contributed by atoms with Crippen molar-refractivity contribution in [1.29, 1.82) is 0 Å². The summed E-state index contributed by atoms with van der Waals surface area (Å²) in [6.07, 6.45) is 3.72. The third-order valence-electron chi connectivity index (χ3n) is 2.73. The quantitative estimate of drug-likeness (QED) is 0.630. The van der Waals surface area contributed by atoms with E-state index in [1.807, 2.05) is 12.4 Å². The Morgan fingerprint density at radius 2 is 1.84 bits per heavy atom. The molecule has 0 aliphatic carbocycles. The smallest absolute Gasteiger partial charge is 0.225 e. The van der Waals surface area contributed by atoms with Gasteiger partial charge in [-0.2, -0.15) is 0 Å². The number of hydrogen-bond donors (Lipinski definition) is 1. The van der Waals surface area contributed by atoms with Gasteiger partial charge in [0.1, 0.15) is 0 Å². The van der Waals surface area contributed by atoms with E-state index in [0.29, 0.717) is 13.2 Å². The van der Waals surface area contributed by atoms with Crippen molar-refractivity contribution in [3.63, 3.8) is 0 Å². The topological polar surface area (TPSA) is 59.5 Å². The van der Waals surface area contributed by atoms with Gasteiger partial charge in [-0.3, -0.25) is 0 Å². The van der Waals surface area contributed by atoms with Gasteiger partial charge in [0.15, 0.2) is 0 Å². The molecular weight excluding hydrogens is 244 g/mol. The highest BCUT2D eigenvalue weighted by Crippen LogP contribution is 2.06. The van der Waals surface area contributed by atoms with Gasteiger partial charge in [-0.25, -0.2) is 9.97 Å². The van der Waals surface area contributed by atoms with Gasteiger partial charge in [0.25, 0.3) is 0 Å². The predicted octanol–water partition coefficient (Wildman–Crippen LogP) is 0.685. The Bertz CT molecular complexity index is 332. The number of likely N-dealkylation sites (N-methyl/N-ethyl adjacent to an activating group) is 1. The van der Waals surface area contributed by atoms with Crippen LogP contribution in [0.5, 0.6) is 0 Å². The lowest BCUT2D eigenvalue weighted by atomic mass is 10.3. The molecule has 0 aliphatic heterocycles. The van der Waals surface area contributed by atoms with Crippen molar-refractivity contribution in [2.45, 2.75) is 13.5 Å². The summed E-state index contributed by atoms with van der Waals surface area (Å²) in [5.41, 5.74) is 1.07. The van der Waals surface area contributed by atoms with E-state index in [1.54, 1.807) is 14.2 Å². The summed E-state index contributed by atoms with van der Waals surface area (Å²) < 4.78 is 10.0. The first kappa shape index (κ1) is 15.8. The Labute approximate surface area is 115 Å². The van der Waals surface area contributed by atoms with Gasteiger partial charge in [-0.1, -0.05) is 0 Å². The molecule has 0 saturated carbocycles. The Morgan fingerprint density at radius 3 is 2.42 bits per heavy atom. The largest absolute Gasteiger partial charge is 0.383 e. The van der Waals surface area contributed by atoms with Crippen molar-refractivity contribution in [2.24, 2.45) is 0 Å². The third-order valence-corrected chi connectivity index (χ3v) is 2.73. The number of nitrogens with zero attached hydrogens (tertiary/aromatic N) is 3. The van der Waals surface area contributed by atoms with E-state index in [-0.39, 0.29) is 0 Å². The van der Waals surface area contributed by atoms with Crippen LogP contribution >= 0.6 is 0 Å². The van der Waals surface area contributed by atoms with Crippen LogP contribution in [0.1, 0.15) is 12.5 Å². The number of aromatic nitrogens is 2. The van der Waals surface area contributed by atoms with Crippen molar-refractivity contribution in [3.05, 3.63) is 18.0 Å². The maximum atomic E-state index is 5.08. The number of ether oxygens (including phenoxy) is 2. The second kappa shape index (κ2) is 9.66. The molecule has 0 atom stereocenters. The molecule has 0 saturated heterocycles. The van der Waals surface area contributed by atoms with Crippen LogP contribution in [0.3, 0.4) is 0 Å². The fourth-order valence-corrected chi connectivity index (χ4v) is 1.61. The molecule has 0 fully saturated rings. The van der Waals surface area contributed by atoms with E-state index in [9.17, 15) is 0 Å². The van der Waals surface area contributed by atoms with Gasteiger partial charge in [-0.05, 0) is 6.92 Å². The average molecular weight is 268 g/mol. The van der Waals surface area contributed by atoms with E-state index >= 15 is 0 Å². The SMILES string of the molecule is CCN(CCOC)c1ncc(CNCCOC)cn1. The Hall–Kier alpha value is -1.24. The summed E-state index contributed by atoms with van der Waals surface area (Å²) in [7, 11) is 3.39. The lowest BCUT2D eigenvalue weighted by Gasteiger charge is -2.20. The Morgan fingerprint density at radius 1 is 1.16 bits per heavy atom. The van der Waals surface area contributed by atoms with Gasteiger partial charge < -0.3 is 19.7 Å². The Balaban J connectivity index is 2.45. The summed E-state index contributed by atoms with van der Waals surface area (Å²) in [4.78, 5) is 10.9. The monoisotopic (exact) mass is 268 g/mol. The number of nitrogens with one attached hydrogen (secondary N) is 1. The number of anilines is 1. The summed E-state index contributed by atoms with van der Waals surface area (Å²) in [5, 5.41) is 3.26. The third kappa shape index (κ3) is 5.96. The van der Waals surface area contributed by atoms with Crippen molar-refractivity contribution >= 4 is 5.95 Å². The molecule has 0 aromatic carbocycles. The molecule has 1 heterocycles. The second-order valence-electron chi connectivity index (χ2n) is 4.13. The molecule has 0 amide bonds. The number of hydrogen-bond acceptors (Lipinski definition) is 6. The molecule has 19 heavy (non-hydrogen) atoms. The normalized spacial score (nSPS) is 10.7. The fourth-order valence-electron chi connectivity index (χ4n) is 1.61. The maximum absolute atomic E-state index is 5.08. The van der Waals surface area contributed by atoms with Crippen LogP contribution in [0, 0.1) is 0 Å². The molecule has 1 aromatic rings. The predicted molar refractivity (Wildman–Crippen MR) is 75.4 cm³/mol. The van der Waals surface area contributed by atoms with Crippen molar-refractivity contribution in [2.75, 3.05) is 52.0 Å². The molecule has 0 spiro atoms. The first-order chi connectivity index (χ1) is 9.31. The summed E-state index contributed by atoms with van der Waals surface area (Å²) in [6.45, 7) is 6.73. The molecule has 1 N–H and O–H groups in total. The van der Waals surface area contributed by atoms with Crippen LogP contribution in [0.25, 0.3) is 0 Å². The van der Waals surface area contributed by atoms with Crippen molar-refractivity contribution in [1.82, 2.24) is 15.3 Å². The zero-order valence-electron chi connectivity index (χ0n) is 12.1. The highest BCUT2D eigenvalue weighted by atomic mass is 16.5. The molecule has 0 unspecified atom stereocenters. The van der Waals surface area contributed by atoms with E-state index in [4.69, 9.17) is 9.47 Å². The summed E-state index contributed by atoms with van der Waals surface area (Å²) >= 11 is 0. The molecule has 0 aliphatic rings. The molecule has 6 nitrogen and oxygen atoms in total. The highest BCUT2D eigenvalue weighted by Gasteiger charge is 2.06. The van der Waals surface area contributed by atoms with Crippen LogP contribution in [-0.2, 0) is 16.0 Å². The second-order valence-corrected chi connectivity index (χ2v) is 4.13. The van der Waals surface area contributed by atoms with Gasteiger partial charge in [0.2, 0.25) is 5.95 Å². The molecule has 108 valence electrons. The van der Waals surface area contributed by atoms with E-state index < -0.39 is 0 Å². The lowest BCUT2D eigenvalue weighted by Crippen LogP contribution is -2.28. The maximum Gasteiger partial charge on any atom is 0.225 e. The van der Waals surface area contributed by atoms with Crippen molar-refractivity contribution < 1.29 is 9.47 Å². The van der Waals surface area contributed by atoms with Crippen LogP contribution in [0.4, 0.5) is 5.95 Å². The molecule has 0 bridgehead atoms.